The highest BCUT2D eigenvalue weighted by atomic mass is 79.9. The zero-order valence-electron chi connectivity index (χ0n) is 11.7. The second-order valence-electron chi connectivity index (χ2n) is 5.67. The van der Waals surface area contributed by atoms with Crippen LogP contribution in [0.1, 0.15) is 37.4 Å². The molecule has 3 rings (SSSR count). The van der Waals surface area contributed by atoms with Gasteiger partial charge >= 0.3 is 0 Å². The number of ether oxygens (including phenoxy) is 2. The molecule has 2 aliphatic rings. The normalized spacial score (nSPS) is 21.9. The molecule has 0 radical (unpaired) electrons. The highest BCUT2D eigenvalue weighted by molar-refractivity contribution is 9.10. The number of hydrogen-bond acceptors (Lipinski definition) is 3. The van der Waals surface area contributed by atoms with Crippen molar-refractivity contribution in [3.05, 3.63) is 34.3 Å². The fraction of sp³-hybridized carbons (Fsp3) is 0.625. The summed E-state index contributed by atoms with van der Waals surface area (Å²) in [5.74, 6) is 0. The minimum atomic E-state index is 0.145. The summed E-state index contributed by atoms with van der Waals surface area (Å²) >= 11 is 3.49. The van der Waals surface area contributed by atoms with Crippen molar-refractivity contribution in [3.8, 4) is 0 Å². The van der Waals surface area contributed by atoms with Gasteiger partial charge in [0.15, 0.2) is 0 Å². The van der Waals surface area contributed by atoms with Crippen molar-refractivity contribution in [2.45, 2.75) is 43.9 Å². The lowest BCUT2D eigenvalue weighted by atomic mass is 10.1. The minimum Gasteiger partial charge on any atom is -0.381 e. The number of halogens is 1. The molecule has 0 bridgehead atoms. The van der Waals surface area contributed by atoms with Crippen molar-refractivity contribution in [3.63, 3.8) is 0 Å². The van der Waals surface area contributed by atoms with Crippen molar-refractivity contribution < 1.29 is 9.47 Å². The third kappa shape index (κ3) is 4.29. The minimum absolute atomic E-state index is 0.145. The van der Waals surface area contributed by atoms with Crippen LogP contribution in [0, 0.1) is 0 Å². The molecule has 1 saturated carbocycles. The van der Waals surface area contributed by atoms with Crippen LogP contribution in [-0.2, 0) is 9.47 Å². The Bertz CT molecular complexity index is 413. The van der Waals surface area contributed by atoms with Gasteiger partial charge in [-0.2, -0.15) is 0 Å². The number of hydrogen-bond donors (Lipinski definition) is 1. The smallest absolute Gasteiger partial charge is 0.0953 e. The molecule has 110 valence electrons. The van der Waals surface area contributed by atoms with Crippen molar-refractivity contribution in [2.75, 3.05) is 19.8 Å². The van der Waals surface area contributed by atoms with Gasteiger partial charge < -0.3 is 14.8 Å². The van der Waals surface area contributed by atoms with Crippen molar-refractivity contribution in [1.82, 2.24) is 5.32 Å². The first kappa shape index (κ1) is 14.5. The zero-order valence-corrected chi connectivity index (χ0v) is 13.3. The van der Waals surface area contributed by atoms with Gasteiger partial charge in [0.2, 0.25) is 0 Å². The van der Waals surface area contributed by atoms with E-state index in [1.807, 2.05) is 0 Å². The Labute approximate surface area is 129 Å². The number of nitrogens with one attached hydrogen (secondary N) is 1. The molecule has 1 heterocycles. The molecule has 3 nitrogen and oxygen atoms in total. The van der Waals surface area contributed by atoms with E-state index >= 15 is 0 Å². The first-order valence-corrected chi connectivity index (χ1v) is 8.32. The summed E-state index contributed by atoms with van der Waals surface area (Å²) in [6.45, 7) is 2.56. The summed E-state index contributed by atoms with van der Waals surface area (Å²) < 4.78 is 12.9. The van der Waals surface area contributed by atoms with Crippen LogP contribution in [-0.4, -0.2) is 31.9 Å². The average Bonchev–Trinajstić information content (AvgIpc) is 3.30. The molecule has 1 aromatic carbocycles. The molecule has 1 aliphatic heterocycles. The lowest BCUT2D eigenvalue weighted by Crippen LogP contribution is -2.31. The molecule has 0 spiro atoms. The average molecular weight is 340 g/mol. The highest BCUT2D eigenvalue weighted by Gasteiger charge is 2.25. The lowest BCUT2D eigenvalue weighted by molar-refractivity contribution is -0.0690. The van der Waals surface area contributed by atoms with E-state index < -0.39 is 0 Å². The van der Waals surface area contributed by atoms with Gasteiger partial charge in [0.05, 0.1) is 12.2 Å². The summed E-state index contributed by atoms with van der Waals surface area (Å²) in [6, 6.07) is 9.21. The van der Waals surface area contributed by atoms with Crippen LogP contribution in [0.3, 0.4) is 0 Å². The maximum absolute atomic E-state index is 6.34. The predicted octanol–water partition coefficient (Wildman–Crippen LogP) is 3.44. The van der Waals surface area contributed by atoms with Gasteiger partial charge in [-0.3, -0.25) is 0 Å². The molecule has 0 amide bonds. The zero-order chi connectivity index (χ0) is 13.8. The topological polar surface area (TPSA) is 30.5 Å². The van der Waals surface area contributed by atoms with E-state index in [0.29, 0.717) is 12.1 Å². The third-order valence-electron chi connectivity index (χ3n) is 3.94. The van der Waals surface area contributed by atoms with Crippen molar-refractivity contribution >= 4 is 15.9 Å². The predicted molar refractivity (Wildman–Crippen MR) is 82.8 cm³/mol. The Balaban J connectivity index is 1.63. The van der Waals surface area contributed by atoms with Gasteiger partial charge in [-0.25, -0.2) is 0 Å². The Hall–Kier alpha value is -0.420. The van der Waals surface area contributed by atoms with Crippen LogP contribution in [0.2, 0.25) is 0 Å². The SMILES string of the molecule is Brc1ccc(C(CNC2CC2)OC2CCOCC2)cc1. The van der Waals surface area contributed by atoms with Crippen LogP contribution < -0.4 is 5.32 Å². The molecule has 1 N–H and O–H groups in total. The second kappa shape index (κ2) is 7.03. The van der Waals surface area contributed by atoms with Gasteiger partial charge in [0, 0.05) is 30.3 Å². The molecule has 4 heteroatoms. The van der Waals surface area contributed by atoms with Gasteiger partial charge in [-0.1, -0.05) is 28.1 Å². The van der Waals surface area contributed by atoms with Crippen molar-refractivity contribution in [2.24, 2.45) is 0 Å². The molecular weight excluding hydrogens is 318 g/mol. The van der Waals surface area contributed by atoms with Crippen LogP contribution in [0.4, 0.5) is 0 Å². The summed E-state index contributed by atoms with van der Waals surface area (Å²) in [5.41, 5.74) is 1.26. The lowest BCUT2D eigenvalue weighted by Gasteiger charge is -2.28. The highest BCUT2D eigenvalue weighted by Crippen LogP contribution is 2.26. The Kier molecular flexibility index (Phi) is 5.10. The molecule has 1 aromatic rings. The van der Waals surface area contributed by atoms with E-state index in [9.17, 15) is 0 Å². The third-order valence-corrected chi connectivity index (χ3v) is 4.46. The van der Waals surface area contributed by atoms with Gasteiger partial charge in [-0.15, -0.1) is 0 Å². The van der Waals surface area contributed by atoms with Crippen molar-refractivity contribution in [1.29, 1.82) is 0 Å². The number of benzene rings is 1. The van der Waals surface area contributed by atoms with Gasteiger partial charge in [0.1, 0.15) is 0 Å². The molecule has 0 aromatic heterocycles. The molecule has 1 atom stereocenters. The van der Waals surface area contributed by atoms with E-state index in [1.54, 1.807) is 0 Å². The molecule has 1 unspecified atom stereocenters. The van der Waals surface area contributed by atoms with E-state index in [4.69, 9.17) is 9.47 Å². The van der Waals surface area contributed by atoms with E-state index in [0.717, 1.165) is 37.1 Å². The van der Waals surface area contributed by atoms with Crippen LogP contribution in [0.15, 0.2) is 28.7 Å². The van der Waals surface area contributed by atoms with Crippen LogP contribution in [0.25, 0.3) is 0 Å². The Morgan fingerprint density at radius 2 is 1.85 bits per heavy atom. The molecule has 1 aliphatic carbocycles. The van der Waals surface area contributed by atoms with E-state index in [2.05, 4.69) is 45.5 Å². The maximum Gasteiger partial charge on any atom is 0.0953 e. The summed E-state index contributed by atoms with van der Waals surface area (Å²) in [6.07, 6.45) is 5.12. The summed E-state index contributed by atoms with van der Waals surface area (Å²) in [5, 5.41) is 3.59. The van der Waals surface area contributed by atoms with Crippen LogP contribution in [0.5, 0.6) is 0 Å². The molecular formula is C16H22BrNO2. The Morgan fingerprint density at radius 3 is 2.50 bits per heavy atom. The first-order chi connectivity index (χ1) is 9.81. The first-order valence-electron chi connectivity index (χ1n) is 7.53. The van der Waals surface area contributed by atoms with E-state index in [1.165, 1.54) is 18.4 Å². The fourth-order valence-electron chi connectivity index (χ4n) is 2.53. The monoisotopic (exact) mass is 339 g/mol. The quantitative estimate of drug-likeness (QED) is 0.861. The summed E-state index contributed by atoms with van der Waals surface area (Å²) in [7, 11) is 0. The van der Waals surface area contributed by atoms with Gasteiger partial charge in [-0.05, 0) is 43.4 Å². The largest absolute Gasteiger partial charge is 0.381 e. The second-order valence-corrected chi connectivity index (χ2v) is 6.59. The fourth-order valence-corrected chi connectivity index (χ4v) is 2.79. The molecule has 20 heavy (non-hydrogen) atoms. The summed E-state index contributed by atoms with van der Waals surface area (Å²) in [4.78, 5) is 0. The number of rotatable bonds is 6. The van der Waals surface area contributed by atoms with Crippen LogP contribution >= 0.6 is 15.9 Å². The molecule has 2 fully saturated rings. The van der Waals surface area contributed by atoms with Gasteiger partial charge in [0.25, 0.3) is 0 Å². The standard InChI is InChI=1S/C16H22BrNO2/c17-13-3-1-12(2-4-13)16(11-18-14-5-6-14)20-15-7-9-19-10-8-15/h1-4,14-16,18H,5-11H2. The Morgan fingerprint density at radius 1 is 1.15 bits per heavy atom. The maximum atomic E-state index is 6.34. The molecule has 1 saturated heterocycles. The van der Waals surface area contributed by atoms with E-state index in [-0.39, 0.29) is 6.10 Å².